The van der Waals surface area contributed by atoms with E-state index in [-0.39, 0.29) is 5.91 Å². The van der Waals surface area contributed by atoms with Crippen molar-refractivity contribution in [3.05, 3.63) is 53.2 Å². The van der Waals surface area contributed by atoms with E-state index in [2.05, 4.69) is 15.2 Å². The highest BCUT2D eigenvalue weighted by atomic mass is 35.5. The Labute approximate surface area is 184 Å². The van der Waals surface area contributed by atoms with Gasteiger partial charge in [-0.15, -0.1) is 0 Å². The van der Waals surface area contributed by atoms with Gasteiger partial charge in [0.2, 0.25) is 0 Å². The lowest BCUT2D eigenvalue weighted by molar-refractivity contribution is 0.0383. The molecule has 8 heteroatoms. The topological polar surface area (TPSA) is 66.6 Å². The van der Waals surface area contributed by atoms with Crippen molar-refractivity contribution < 1.29 is 14.3 Å². The minimum Gasteiger partial charge on any atom is -0.497 e. The van der Waals surface area contributed by atoms with Crippen molar-refractivity contribution in [1.82, 2.24) is 15.2 Å². The normalized spacial score (nSPS) is 14.7. The second kappa shape index (κ2) is 9.75. The average molecular weight is 446 g/mol. The summed E-state index contributed by atoms with van der Waals surface area (Å²) in [5.41, 5.74) is 1.42. The molecule has 0 bridgehead atoms. The number of hydrogen-bond acceptors (Lipinski definition) is 5. The lowest BCUT2D eigenvalue weighted by atomic mass is 10.2. The van der Waals surface area contributed by atoms with Gasteiger partial charge in [-0.2, -0.15) is 0 Å². The van der Waals surface area contributed by atoms with Crippen LogP contribution in [0.2, 0.25) is 5.02 Å². The maximum Gasteiger partial charge on any atom is 0.268 e. The summed E-state index contributed by atoms with van der Waals surface area (Å²) in [5.74, 6) is 0.626. The predicted octanol–water partition coefficient (Wildman–Crippen LogP) is 4.04. The third-order valence-electron chi connectivity index (χ3n) is 5.04. The Kier molecular flexibility index (Phi) is 6.84. The molecular formula is C22H24ClN3O3S. The number of fused-ring (bicyclic) bond motifs is 1. The van der Waals surface area contributed by atoms with Crippen molar-refractivity contribution in [2.24, 2.45) is 0 Å². The van der Waals surface area contributed by atoms with E-state index in [1.54, 1.807) is 18.9 Å². The number of nitrogens with zero attached hydrogens (tertiary/aromatic N) is 1. The van der Waals surface area contributed by atoms with Gasteiger partial charge in [0.05, 0.1) is 30.7 Å². The van der Waals surface area contributed by atoms with Crippen LogP contribution in [0.5, 0.6) is 5.75 Å². The number of morpholine rings is 1. The van der Waals surface area contributed by atoms with Crippen LogP contribution in [0.3, 0.4) is 0 Å². The molecule has 1 fully saturated rings. The maximum atomic E-state index is 13.0. The Morgan fingerprint density at radius 3 is 2.73 bits per heavy atom. The van der Waals surface area contributed by atoms with Crippen molar-refractivity contribution in [2.75, 3.05) is 46.5 Å². The molecule has 0 atom stereocenters. The van der Waals surface area contributed by atoms with E-state index < -0.39 is 0 Å². The first-order valence-electron chi connectivity index (χ1n) is 9.85. The van der Waals surface area contributed by atoms with Gasteiger partial charge in [0.1, 0.15) is 11.4 Å². The van der Waals surface area contributed by atoms with Crippen LogP contribution in [0.15, 0.2) is 52.3 Å². The Morgan fingerprint density at radius 2 is 2.00 bits per heavy atom. The van der Waals surface area contributed by atoms with Crippen LogP contribution in [-0.2, 0) is 4.74 Å². The van der Waals surface area contributed by atoms with Crippen LogP contribution in [0.1, 0.15) is 10.5 Å². The highest BCUT2D eigenvalue weighted by Gasteiger charge is 2.20. The van der Waals surface area contributed by atoms with Crippen LogP contribution in [-0.4, -0.2) is 62.3 Å². The summed E-state index contributed by atoms with van der Waals surface area (Å²) in [7, 11) is 1.63. The third-order valence-corrected chi connectivity index (χ3v) is 6.42. The molecule has 2 N–H and O–H groups in total. The SMILES string of the molecule is COc1ccc2c(Sc3ccc(Cl)cc3)c(C(=O)NCCN3CCOCC3)[nH]c2c1. The van der Waals surface area contributed by atoms with Crippen LogP contribution < -0.4 is 10.1 Å². The minimum absolute atomic E-state index is 0.116. The zero-order chi connectivity index (χ0) is 20.9. The van der Waals surface area contributed by atoms with Crippen molar-refractivity contribution in [3.63, 3.8) is 0 Å². The molecule has 4 rings (SSSR count). The molecule has 6 nitrogen and oxygen atoms in total. The molecule has 30 heavy (non-hydrogen) atoms. The summed E-state index contributed by atoms with van der Waals surface area (Å²) < 4.78 is 10.7. The Morgan fingerprint density at radius 1 is 1.23 bits per heavy atom. The Hall–Kier alpha value is -2.19. The van der Waals surface area contributed by atoms with Crippen molar-refractivity contribution in [1.29, 1.82) is 0 Å². The highest BCUT2D eigenvalue weighted by Crippen LogP contribution is 2.38. The van der Waals surface area contributed by atoms with Gasteiger partial charge in [0, 0.05) is 47.5 Å². The second-order valence-corrected chi connectivity index (χ2v) is 8.53. The summed E-state index contributed by atoms with van der Waals surface area (Å²) in [5, 5.41) is 4.72. The predicted molar refractivity (Wildman–Crippen MR) is 120 cm³/mol. The fraction of sp³-hybridized carbons (Fsp3) is 0.318. The van der Waals surface area contributed by atoms with Crippen LogP contribution in [0.25, 0.3) is 10.9 Å². The monoisotopic (exact) mass is 445 g/mol. The van der Waals surface area contributed by atoms with Gasteiger partial charge < -0.3 is 19.8 Å². The molecule has 1 amide bonds. The molecule has 0 unspecified atom stereocenters. The summed E-state index contributed by atoms with van der Waals surface area (Å²) in [6.07, 6.45) is 0. The number of methoxy groups -OCH3 is 1. The lowest BCUT2D eigenvalue weighted by Crippen LogP contribution is -2.41. The molecule has 1 aromatic heterocycles. The number of benzene rings is 2. The van der Waals surface area contributed by atoms with Crippen molar-refractivity contribution in [2.45, 2.75) is 9.79 Å². The van der Waals surface area contributed by atoms with E-state index in [0.717, 1.165) is 59.3 Å². The van der Waals surface area contributed by atoms with E-state index >= 15 is 0 Å². The van der Waals surface area contributed by atoms with Gasteiger partial charge in [0.25, 0.3) is 5.91 Å². The van der Waals surface area contributed by atoms with E-state index in [4.69, 9.17) is 21.1 Å². The molecule has 0 saturated carbocycles. The van der Waals surface area contributed by atoms with Gasteiger partial charge in [-0.25, -0.2) is 0 Å². The largest absolute Gasteiger partial charge is 0.497 e. The molecule has 2 aromatic carbocycles. The van der Waals surface area contributed by atoms with Gasteiger partial charge in [-0.3, -0.25) is 9.69 Å². The quantitative estimate of drug-likeness (QED) is 0.574. The number of aromatic nitrogens is 1. The minimum atomic E-state index is -0.116. The number of halogens is 1. The number of ether oxygens (including phenoxy) is 2. The highest BCUT2D eigenvalue weighted by molar-refractivity contribution is 7.99. The molecule has 0 spiro atoms. The fourth-order valence-corrected chi connectivity index (χ4v) is 4.57. The lowest BCUT2D eigenvalue weighted by Gasteiger charge is -2.26. The van der Waals surface area contributed by atoms with Gasteiger partial charge >= 0.3 is 0 Å². The third kappa shape index (κ3) is 4.92. The average Bonchev–Trinajstić information content (AvgIpc) is 3.13. The van der Waals surface area contributed by atoms with E-state index in [9.17, 15) is 4.79 Å². The standard InChI is InChI=1S/C22H24ClN3O3S/c1-28-16-4-7-18-19(14-16)25-20(21(18)30-17-5-2-15(23)3-6-17)22(27)24-8-9-26-10-12-29-13-11-26/h2-7,14,25H,8-13H2,1H3,(H,24,27). The summed E-state index contributed by atoms with van der Waals surface area (Å²) in [6.45, 7) is 4.70. The number of carbonyl (C=O) groups is 1. The molecule has 3 aromatic rings. The molecule has 0 aliphatic carbocycles. The van der Waals surface area contributed by atoms with Crippen LogP contribution >= 0.6 is 23.4 Å². The summed E-state index contributed by atoms with van der Waals surface area (Å²) in [6, 6.07) is 13.4. The first-order chi connectivity index (χ1) is 14.6. The number of nitrogens with one attached hydrogen (secondary N) is 2. The number of H-pyrrole nitrogens is 1. The molecule has 0 radical (unpaired) electrons. The van der Waals surface area contributed by atoms with Crippen LogP contribution in [0.4, 0.5) is 0 Å². The summed E-state index contributed by atoms with van der Waals surface area (Å²) in [4.78, 5) is 20.5. The Balaban J connectivity index is 1.56. The fourth-order valence-electron chi connectivity index (χ4n) is 3.40. The zero-order valence-corrected chi connectivity index (χ0v) is 18.3. The first-order valence-corrected chi connectivity index (χ1v) is 11.0. The number of hydrogen-bond donors (Lipinski definition) is 2. The van der Waals surface area contributed by atoms with E-state index in [1.807, 2.05) is 42.5 Å². The maximum absolute atomic E-state index is 13.0. The molecule has 1 aliphatic heterocycles. The number of amides is 1. The van der Waals surface area contributed by atoms with Crippen LogP contribution in [0, 0.1) is 0 Å². The number of aromatic amines is 1. The van der Waals surface area contributed by atoms with Crippen molar-refractivity contribution in [3.8, 4) is 5.75 Å². The van der Waals surface area contributed by atoms with Gasteiger partial charge in [-0.1, -0.05) is 23.4 Å². The molecule has 1 saturated heterocycles. The zero-order valence-electron chi connectivity index (χ0n) is 16.7. The summed E-state index contributed by atoms with van der Waals surface area (Å²) >= 11 is 7.56. The van der Waals surface area contributed by atoms with Gasteiger partial charge in [-0.05, 0) is 36.4 Å². The number of rotatable bonds is 7. The molecule has 158 valence electrons. The Bertz CT molecular complexity index is 1020. The smallest absolute Gasteiger partial charge is 0.268 e. The second-order valence-electron chi connectivity index (χ2n) is 7.01. The molecule has 1 aliphatic rings. The van der Waals surface area contributed by atoms with E-state index in [0.29, 0.717) is 17.3 Å². The molecular weight excluding hydrogens is 422 g/mol. The van der Waals surface area contributed by atoms with Crippen molar-refractivity contribution >= 4 is 40.2 Å². The first kappa shape index (κ1) is 21.1. The molecule has 2 heterocycles. The number of carbonyl (C=O) groups excluding carboxylic acids is 1. The van der Waals surface area contributed by atoms with Gasteiger partial charge in [0.15, 0.2) is 0 Å². The van der Waals surface area contributed by atoms with E-state index in [1.165, 1.54) is 0 Å².